The van der Waals surface area contributed by atoms with Gasteiger partial charge in [0.15, 0.2) is 10.8 Å². The number of esters is 1. The number of benzene rings is 1. The van der Waals surface area contributed by atoms with Crippen LogP contribution in [0.25, 0.3) is 6.08 Å². The minimum absolute atomic E-state index is 0.198. The van der Waals surface area contributed by atoms with Crippen molar-refractivity contribution >= 4 is 34.4 Å². The lowest BCUT2D eigenvalue weighted by Crippen LogP contribution is -2.09. The van der Waals surface area contributed by atoms with E-state index in [4.69, 9.17) is 4.74 Å². The first-order valence-electron chi connectivity index (χ1n) is 6.36. The summed E-state index contributed by atoms with van der Waals surface area (Å²) in [4.78, 5) is 27.2. The van der Waals surface area contributed by atoms with Gasteiger partial charge in [0.05, 0.1) is 6.61 Å². The van der Waals surface area contributed by atoms with Crippen molar-refractivity contribution in [2.75, 3.05) is 11.9 Å². The van der Waals surface area contributed by atoms with Crippen LogP contribution in [-0.2, 0) is 9.53 Å². The summed E-state index contributed by atoms with van der Waals surface area (Å²) in [5, 5.41) is 4.52. The highest BCUT2D eigenvalue weighted by atomic mass is 32.1. The summed E-state index contributed by atoms with van der Waals surface area (Å²) in [6.45, 7) is 2.01. The van der Waals surface area contributed by atoms with Crippen molar-refractivity contribution in [2.45, 2.75) is 6.92 Å². The Hall–Kier alpha value is -2.47. The number of carbonyl (C=O) groups is 2. The van der Waals surface area contributed by atoms with E-state index in [0.717, 1.165) is 5.56 Å². The average Bonchev–Trinajstić information content (AvgIpc) is 2.95. The first kappa shape index (κ1) is 14.9. The molecule has 0 radical (unpaired) electrons. The summed E-state index contributed by atoms with van der Waals surface area (Å²) in [6, 6.07) is 9.48. The molecule has 108 valence electrons. The molecule has 0 unspecified atom stereocenters. The maximum atomic E-state index is 11.7. The average molecular weight is 302 g/mol. The number of nitrogens with one attached hydrogen (secondary N) is 1. The number of rotatable bonds is 5. The predicted octanol–water partition coefficient (Wildman–Crippen LogP) is 2.97. The van der Waals surface area contributed by atoms with Gasteiger partial charge in [0, 0.05) is 11.5 Å². The Morgan fingerprint density at radius 1 is 1.33 bits per heavy atom. The highest BCUT2D eigenvalue weighted by molar-refractivity contribution is 7.14. The van der Waals surface area contributed by atoms with Gasteiger partial charge in [-0.25, -0.2) is 9.78 Å². The molecule has 0 spiro atoms. The molecule has 1 heterocycles. The van der Waals surface area contributed by atoms with Gasteiger partial charge in [-0.15, -0.1) is 11.3 Å². The summed E-state index contributed by atoms with van der Waals surface area (Å²) in [7, 11) is 0. The molecule has 0 aliphatic rings. The van der Waals surface area contributed by atoms with E-state index in [2.05, 4.69) is 10.3 Å². The Labute approximate surface area is 126 Å². The fourth-order valence-electron chi connectivity index (χ4n) is 1.51. The predicted molar refractivity (Wildman–Crippen MR) is 82.2 cm³/mol. The van der Waals surface area contributed by atoms with Gasteiger partial charge >= 0.3 is 5.97 Å². The Balaban J connectivity index is 1.94. The van der Waals surface area contributed by atoms with Gasteiger partial charge in [-0.3, -0.25) is 10.1 Å². The lowest BCUT2D eigenvalue weighted by atomic mass is 10.2. The SMILES string of the molecule is CCOC(=O)c1csc(NC(=O)/C=C/c2ccccc2)n1. The molecule has 0 saturated heterocycles. The Bertz CT molecular complexity index is 650. The van der Waals surface area contributed by atoms with E-state index in [-0.39, 0.29) is 18.2 Å². The number of amides is 1. The number of carbonyl (C=O) groups excluding carboxylic acids is 2. The minimum atomic E-state index is -0.492. The molecule has 2 aromatic rings. The second-order valence-corrected chi connectivity index (χ2v) is 4.85. The van der Waals surface area contributed by atoms with Gasteiger partial charge in [-0.2, -0.15) is 0 Å². The third-order valence-electron chi connectivity index (χ3n) is 2.45. The van der Waals surface area contributed by atoms with Crippen molar-refractivity contribution in [3.8, 4) is 0 Å². The smallest absolute Gasteiger partial charge is 0.357 e. The van der Waals surface area contributed by atoms with Crippen LogP contribution in [0.3, 0.4) is 0 Å². The number of anilines is 1. The van der Waals surface area contributed by atoms with E-state index in [9.17, 15) is 9.59 Å². The topological polar surface area (TPSA) is 68.3 Å². The van der Waals surface area contributed by atoms with Crippen LogP contribution in [0.1, 0.15) is 23.0 Å². The van der Waals surface area contributed by atoms with Crippen molar-refractivity contribution in [3.63, 3.8) is 0 Å². The molecule has 2 rings (SSSR count). The second-order valence-electron chi connectivity index (χ2n) is 3.99. The molecule has 0 aliphatic carbocycles. The largest absolute Gasteiger partial charge is 0.461 e. The fourth-order valence-corrected chi connectivity index (χ4v) is 2.20. The van der Waals surface area contributed by atoms with E-state index in [1.165, 1.54) is 17.4 Å². The Morgan fingerprint density at radius 3 is 2.81 bits per heavy atom. The first-order valence-corrected chi connectivity index (χ1v) is 7.23. The standard InChI is InChI=1S/C15H14N2O3S/c1-2-20-14(19)12-10-21-15(16-12)17-13(18)9-8-11-6-4-3-5-7-11/h3-10H,2H2,1H3,(H,16,17,18)/b9-8+. The number of hydrogen-bond acceptors (Lipinski definition) is 5. The molecule has 1 N–H and O–H groups in total. The molecule has 0 aliphatic heterocycles. The quantitative estimate of drug-likeness (QED) is 0.681. The number of ether oxygens (including phenoxy) is 1. The monoisotopic (exact) mass is 302 g/mol. The molecule has 1 amide bonds. The Morgan fingerprint density at radius 2 is 2.10 bits per heavy atom. The molecule has 5 nitrogen and oxygen atoms in total. The van der Waals surface area contributed by atoms with Gasteiger partial charge in [-0.05, 0) is 18.6 Å². The third kappa shape index (κ3) is 4.54. The van der Waals surface area contributed by atoms with Gasteiger partial charge in [0.25, 0.3) is 0 Å². The number of aromatic nitrogens is 1. The van der Waals surface area contributed by atoms with Crippen LogP contribution in [0.4, 0.5) is 5.13 Å². The molecule has 1 aromatic heterocycles. The van der Waals surface area contributed by atoms with Crippen LogP contribution in [-0.4, -0.2) is 23.5 Å². The summed E-state index contributed by atoms with van der Waals surface area (Å²) >= 11 is 1.18. The normalized spacial score (nSPS) is 10.5. The van der Waals surface area contributed by atoms with Gasteiger partial charge in [0.2, 0.25) is 5.91 Å². The van der Waals surface area contributed by atoms with Crippen LogP contribution < -0.4 is 5.32 Å². The first-order chi connectivity index (χ1) is 10.2. The third-order valence-corrected chi connectivity index (χ3v) is 3.20. The van der Waals surface area contributed by atoms with E-state index in [1.54, 1.807) is 18.4 Å². The molecule has 0 fully saturated rings. The fraction of sp³-hybridized carbons (Fsp3) is 0.133. The number of thiazole rings is 1. The summed E-state index contributed by atoms with van der Waals surface area (Å²) in [6.07, 6.45) is 3.12. The number of hydrogen-bond donors (Lipinski definition) is 1. The van der Waals surface area contributed by atoms with E-state index < -0.39 is 5.97 Å². The van der Waals surface area contributed by atoms with Gasteiger partial charge < -0.3 is 4.74 Å². The molecule has 6 heteroatoms. The molecular weight excluding hydrogens is 288 g/mol. The van der Waals surface area contributed by atoms with Crippen LogP contribution >= 0.6 is 11.3 Å². The zero-order valence-corrected chi connectivity index (χ0v) is 12.2. The van der Waals surface area contributed by atoms with E-state index in [1.807, 2.05) is 30.3 Å². The second kappa shape index (κ2) is 7.35. The lowest BCUT2D eigenvalue weighted by Gasteiger charge is -1.97. The zero-order chi connectivity index (χ0) is 15.1. The summed E-state index contributed by atoms with van der Waals surface area (Å²) in [5.41, 5.74) is 1.13. The van der Waals surface area contributed by atoms with E-state index >= 15 is 0 Å². The summed E-state index contributed by atoms with van der Waals surface area (Å²) < 4.78 is 4.83. The Kier molecular flexibility index (Phi) is 5.22. The molecule has 21 heavy (non-hydrogen) atoms. The maximum absolute atomic E-state index is 11.7. The van der Waals surface area contributed by atoms with Crippen molar-refractivity contribution in [1.29, 1.82) is 0 Å². The van der Waals surface area contributed by atoms with Gasteiger partial charge in [-0.1, -0.05) is 30.3 Å². The van der Waals surface area contributed by atoms with Crippen LogP contribution in [0.15, 0.2) is 41.8 Å². The number of nitrogens with zero attached hydrogens (tertiary/aromatic N) is 1. The van der Waals surface area contributed by atoms with Crippen molar-refractivity contribution in [1.82, 2.24) is 4.98 Å². The highest BCUT2D eigenvalue weighted by Gasteiger charge is 2.12. The van der Waals surface area contributed by atoms with E-state index in [0.29, 0.717) is 5.13 Å². The van der Waals surface area contributed by atoms with Crippen molar-refractivity contribution in [3.05, 3.63) is 53.0 Å². The molecule has 0 atom stereocenters. The molecular formula is C15H14N2O3S. The van der Waals surface area contributed by atoms with Gasteiger partial charge in [0.1, 0.15) is 0 Å². The maximum Gasteiger partial charge on any atom is 0.357 e. The molecule has 1 aromatic carbocycles. The highest BCUT2D eigenvalue weighted by Crippen LogP contribution is 2.16. The zero-order valence-electron chi connectivity index (χ0n) is 11.4. The molecule has 0 bridgehead atoms. The van der Waals surface area contributed by atoms with Crippen molar-refractivity contribution < 1.29 is 14.3 Å². The van der Waals surface area contributed by atoms with Crippen LogP contribution in [0, 0.1) is 0 Å². The van der Waals surface area contributed by atoms with Crippen molar-refractivity contribution in [2.24, 2.45) is 0 Å². The van der Waals surface area contributed by atoms with Crippen LogP contribution in [0.5, 0.6) is 0 Å². The van der Waals surface area contributed by atoms with Crippen LogP contribution in [0.2, 0.25) is 0 Å². The summed E-state index contributed by atoms with van der Waals surface area (Å²) in [5.74, 6) is -0.794. The lowest BCUT2D eigenvalue weighted by molar-refractivity contribution is -0.111. The minimum Gasteiger partial charge on any atom is -0.461 e. The molecule has 0 saturated carbocycles.